The van der Waals surface area contributed by atoms with Crippen molar-refractivity contribution in [3.63, 3.8) is 0 Å². The summed E-state index contributed by atoms with van der Waals surface area (Å²) >= 11 is 0. The normalized spacial score (nSPS) is 16.3. The first-order valence-corrected chi connectivity index (χ1v) is 7.60. The molecule has 4 rings (SSSR count). The van der Waals surface area contributed by atoms with E-state index in [9.17, 15) is 4.79 Å². The third kappa shape index (κ3) is 2.07. The second kappa shape index (κ2) is 5.49. The smallest absolute Gasteiger partial charge is 0.272 e. The maximum atomic E-state index is 12.5. The van der Waals surface area contributed by atoms with Crippen LogP contribution in [0.25, 0.3) is 11.3 Å². The molecule has 0 saturated heterocycles. The summed E-state index contributed by atoms with van der Waals surface area (Å²) in [6.45, 7) is 0. The van der Waals surface area contributed by atoms with Crippen molar-refractivity contribution < 1.29 is 9.53 Å². The quantitative estimate of drug-likeness (QED) is 0.805. The van der Waals surface area contributed by atoms with Crippen LogP contribution in [0.1, 0.15) is 27.7 Å². The molecular weight excluding hydrogens is 304 g/mol. The summed E-state index contributed by atoms with van der Waals surface area (Å²) in [5, 5.41) is 7.29. The van der Waals surface area contributed by atoms with E-state index in [1.165, 1.54) is 0 Å². The molecule has 0 unspecified atom stereocenters. The van der Waals surface area contributed by atoms with Crippen LogP contribution in [0.5, 0.6) is 5.75 Å². The molecule has 1 N–H and O–H groups in total. The van der Waals surface area contributed by atoms with Gasteiger partial charge in [0.1, 0.15) is 11.4 Å². The molecule has 1 amide bonds. The molecule has 1 aliphatic heterocycles. The summed E-state index contributed by atoms with van der Waals surface area (Å²) in [5.74, 6) is 0.717. The summed E-state index contributed by atoms with van der Waals surface area (Å²) in [5.41, 5.74) is 4.10. The Bertz CT molecular complexity index is 887. The number of nitrogens with zero attached hydrogens (tertiary/aromatic N) is 3. The molecule has 0 spiro atoms. The number of carbonyl (C=O) groups excluding carboxylic acids is 1. The van der Waals surface area contributed by atoms with E-state index in [-0.39, 0.29) is 11.9 Å². The van der Waals surface area contributed by atoms with Crippen LogP contribution in [0.4, 0.5) is 0 Å². The molecular formula is C18H16N4O2. The lowest BCUT2D eigenvalue weighted by molar-refractivity contribution is 0.0787. The zero-order chi connectivity index (χ0) is 16.7. The van der Waals surface area contributed by atoms with Crippen LogP contribution in [-0.2, 0) is 0 Å². The molecule has 3 aromatic rings. The maximum Gasteiger partial charge on any atom is 0.272 e. The van der Waals surface area contributed by atoms with Gasteiger partial charge < -0.3 is 9.64 Å². The van der Waals surface area contributed by atoms with E-state index in [2.05, 4.69) is 15.2 Å². The highest BCUT2D eigenvalue weighted by molar-refractivity contribution is 5.99. The van der Waals surface area contributed by atoms with Crippen LogP contribution < -0.4 is 4.74 Å². The number of aromatic nitrogens is 3. The Morgan fingerprint density at radius 1 is 1.21 bits per heavy atom. The van der Waals surface area contributed by atoms with E-state index in [4.69, 9.17) is 4.74 Å². The van der Waals surface area contributed by atoms with Crippen LogP contribution in [-0.4, -0.2) is 40.1 Å². The lowest BCUT2D eigenvalue weighted by atomic mass is 9.97. The molecule has 0 saturated carbocycles. The summed E-state index contributed by atoms with van der Waals surface area (Å²) in [6, 6.07) is 11.3. The molecule has 24 heavy (non-hydrogen) atoms. The number of fused-ring (bicyclic) bond motifs is 1. The first-order valence-electron chi connectivity index (χ1n) is 7.60. The maximum absolute atomic E-state index is 12.5. The van der Waals surface area contributed by atoms with Gasteiger partial charge in [-0.1, -0.05) is 6.07 Å². The molecule has 3 heterocycles. The summed E-state index contributed by atoms with van der Waals surface area (Å²) in [7, 11) is 3.43. The third-order valence-electron chi connectivity index (χ3n) is 4.36. The van der Waals surface area contributed by atoms with Gasteiger partial charge in [-0.15, -0.1) is 0 Å². The van der Waals surface area contributed by atoms with Crippen LogP contribution in [0.15, 0.2) is 48.8 Å². The predicted molar refractivity (Wildman–Crippen MR) is 88.7 cm³/mol. The number of ether oxygens (including phenoxy) is 1. The molecule has 6 nitrogen and oxygen atoms in total. The fraction of sp³-hybridized carbons (Fsp3) is 0.167. The number of methoxy groups -OCH3 is 1. The van der Waals surface area contributed by atoms with Gasteiger partial charge in [0, 0.05) is 30.6 Å². The zero-order valence-corrected chi connectivity index (χ0v) is 13.4. The van der Waals surface area contributed by atoms with Crippen molar-refractivity contribution in [2.24, 2.45) is 0 Å². The van der Waals surface area contributed by atoms with Gasteiger partial charge in [0.15, 0.2) is 0 Å². The standard InChI is InChI=1S/C18H16N4O2/c1-22-17(12-4-3-9-19-10-12)14-15(20-21-16(14)18(22)23)11-5-7-13(24-2)8-6-11/h3-10,17H,1-2H3,(H,20,21)/t17-/m0/s1. The van der Waals surface area contributed by atoms with E-state index < -0.39 is 0 Å². The summed E-state index contributed by atoms with van der Waals surface area (Å²) in [6.07, 6.45) is 3.51. The molecule has 1 aromatic carbocycles. The molecule has 0 radical (unpaired) electrons. The van der Waals surface area contributed by atoms with Crippen LogP contribution in [0, 0.1) is 0 Å². The number of nitrogens with one attached hydrogen (secondary N) is 1. The number of aromatic amines is 1. The lowest BCUT2D eigenvalue weighted by Crippen LogP contribution is -2.24. The average molecular weight is 320 g/mol. The van der Waals surface area contributed by atoms with E-state index >= 15 is 0 Å². The fourth-order valence-corrected chi connectivity index (χ4v) is 3.16. The van der Waals surface area contributed by atoms with Crippen molar-refractivity contribution >= 4 is 5.91 Å². The van der Waals surface area contributed by atoms with E-state index in [1.54, 1.807) is 31.5 Å². The van der Waals surface area contributed by atoms with Gasteiger partial charge in [0.25, 0.3) is 5.91 Å². The first-order chi connectivity index (χ1) is 11.7. The van der Waals surface area contributed by atoms with Crippen LogP contribution in [0.2, 0.25) is 0 Å². The minimum Gasteiger partial charge on any atom is -0.497 e. The highest BCUT2D eigenvalue weighted by Crippen LogP contribution is 2.41. The minimum atomic E-state index is -0.197. The van der Waals surface area contributed by atoms with Gasteiger partial charge in [0.05, 0.1) is 18.8 Å². The van der Waals surface area contributed by atoms with Gasteiger partial charge in [-0.2, -0.15) is 5.10 Å². The number of amides is 1. The monoisotopic (exact) mass is 320 g/mol. The number of hydrogen-bond acceptors (Lipinski definition) is 4. The van der Waals surface area contributed by atoms with Gasteiger partial charge in [-0.3, -0.25) is 14.9 Å². The SMILES string of the molecule is COc1ccc(-c2n[nH]c3c2[C@H](c2cccnc2)N(C)C3=O)cc1. The number of rotatable bonds is 3. The number of H-pyrrole nitrogens is 1. The Morgan fingerprint density at radius 3 is 2.67 bits per heavy atom. The van der Waals surface area contributed by atoms with Gasteiger partial charge in [0.2, 0.25) is 0 Å². The van der Waals surface area contributed by atoms with Crippen molar-refractivity contribution in [2.45, 2.75) is 6.04 Å². The van der Waals surface area contributed by atoms with Crippen LogP contribution in [0.3, 0.4) is 0 Å². The second-order valence-corrected chi connectivity index (χ2v) is 5.69. The Morgan fingerprint density at radius 2 is 2.00 bits per heavy atom. The molecule has 120 valence electrons. The summed E-state index contributed by atoms with van der Waals surface area (Å²) < 4.78 is 5.20. The average Bonchev–Trinajstić information content (AvgIpc) is 3.16. The Labute approximate surface area is 139 Å². The predicted octanol–water partition coefficient (Wildman–Crippen LogP) is 2.66. The number of carbonyl (C=O) groups is 1. The highest BCUT2D eigenvalue weighted by Gasteiger charge is 2.40. The van der Waals surface area contributed by atoms with Crippen molar-refractivity contribution in [1.29, 1.82) is 0 Å². The van der Waals surface area contributed by atoms with Crippen molar-refractivity contribution in [1.82, 2.24) is 20.1 Å². The van der Waals surface area contributed by atoms with Crippen molar-refractivity contribution in [2.75, 3.05) is 14.2 Å². The second-order valence-electron chi connectivity index (χ2n) is 5.69. The Balaban J connectivity index is 1.86. The van der Waals surface area contributed by atoms with E-state index in [0.717, 1.165) is 28.1 Å². The first kappa shape index (κ1) is 14.4. The van der Waals surface area contributed by atoms with Gasteiger partial charge in [-0.05, 0) is 35.9 Å². The van der Waals surface area contributed by atoms with Crippen molar-refractivity contribution in [3.8, 4) is 17.0 Å². The molecule has 1 atom stereocenters. The Kier molecular flexibility index (Phi) is 3.30. The Hall–Kier alpha value is -3.15. The summed E-state index contributed by atoms with van der Waals surface area (Å²) in [4.78, 5) is 18.4. The molecule has 2 aromatic heterocycles. The topological polar surface area (TPSA) is 71.1 Å². The number of benzene rings is 1. The van der Waals surface area contributed by atoms with E-state index in [0.29, 0.717) is 5.69 Å². The molecule has 1 aliphatic rings. The zero-order valence-electron chi connectivity index (χ0n) is 13.4. The van der Waals surface area contributed by atoms with Gasteiger partial charge >= 0.3 is 0 Å². The van der Waals surface area contributed by atoms with E-state index in [1.807, 2.05) is 36.4 Å². The number of pyridine rings is 1. The largest absolute Gasteiger partial charge is 0.497 e. The minimum absolute atomic E-state index is 0.0638. The molecule has 0 fully saturated rings. The van der Waals surface area contributed by atoms with Crippen LogP contribution >= 0.6 is 0 Å². The number of hydrogen-bond donors (Lipinski definition) is 1. The molecule has 6 heteroatoms. The third-order valence-corrected chi connectivity index (χ3v) is 4.36. The fourth-order valence-electron chi connectivity index (χ4n) is 3.16. The molecule has 0 bridgehead atoms. The van der Waals surface area contributed by atoms with Crippen molar-refractivity contribution in [3.05, 3.63) is 65.6 Å². The lowest BCUT2D eigenvalue weighted by Gasteiger charge is -2.21. The molecule has 0 aliphatic carbocycles. The van der Waals surface area contributed by atoms with Gasteiger partial charge in [-0.25, -0.2) is 0 Å². The highest BCUT2D eigenvalue weighted by atomic mass is 16.5.